The summed E-state index contributed by atoms with van der Waals surface area (Å²) in [6.07, 6.45) is 0. The topological polar surface area (TPSA) is 14.2 Å². The van der Waals surface area contributed by atoms with Crippen molar-refractivity contribution in [3.8, 4) is 0 Å². The summed E-state index contributed by atoms with van der Waals surface area (Å²) in [5, 5.41) is 2.09. The third-order valence-electron chi connectivity index (χ3n) is 3.11. The van der Waals surface area contributed by atoms with Crippen molar-refractivity contribution < 1.29 is 4.74 Å². The van der Waals surface area contributed by atoms with Gasteiger partial charge in [0, 0.05) is 22.6 Å². The van der Waals surface area contributed by atoms with Crippen LogP contribution in [0, 0.1) is 6.92 Å². The molecular formula is C14H18ClNO. The second-order valence-corrected chi connectivity index (χ2v) is 4.37. The zero-order chi connectivity index (χ0) is 12.4. The Morgan fingerprint density at radius 2 is 2.06 bits per heavy atom. The predicted molar refractivity (Wildman–Crippen MR) is 72.7 cm³/mol. The monoisotopic (exact) mass is 251 g/mol. The molecule has 3 heteroatoms. The van der Waals surface area contributed by atoms with Crippen molar-refractivity contribution in [3.05, 3.63) is 34.5 Å². The summed E-state index contributed by atoms with van der Waals surface area (Å²) in [6.45, 7) is 8.59. The highest BCUT2D eigenvalue weighted by molar-refractivity contribution is 6.31. The molecule has 1 aliphatic rings. The minimum absolute atomic E-state index is 0.720. The van der Waals surface area contributed by atoms with Crippen LogP contribution in [-0.4, -0.2) is 11.2 Å². The number of hydrogen-bond acceptors (Lipinski definition) is 1. The lowest BCUT2D eigenvalue weighted by Gasteiger charge is -2.17. The molecule has 1 aliphatic heterocycles. The number of aryl methyl sites for hydroxylation is 1. The Bertz CT molecular complexity index is 530. The highest BCUT2D eigenvalue weighted by Crippen LogP contribution is 2.29. The van der Waals surface area contributed by atoms with Crippen molar-refractivity contribution >= 4 is 22.5 Å². The van der Waals surface area contributed by atoms with E-state index in [1.54, 1.807) is 0 Å². The molecule has 1 aromatic heterocycles. The number of aromatic nitrogens is 1. The molecule has 0 spiro atoms. The Morgan fingerprint density at radius 3 is 2.82 bits per heavy atom. The van der Waals surface area contributed by atoms with Gasteiger partial charge in [-0.15, -0.1) is 0 Å². The molecular weight excluding hydrogens is 234 g/mol. The first kappa shape index (κ1) is 12.5. The fourth-order valence-electron chi connectivity index (χ4n) is 2.31. The van der Waals surface area contributed by atoms with Gasteiger partial charge in [-0.1, -0.05) is 31.5 Å². The molecule has 0 saturated carbocycles. The third-order valence-corrected chi connectivity index (χ3v) is 3.35. The lowest BCUT2D eigenvalue weighted by molar-refractivity contribution is 0.0860. The largest absolute Gasteiger partial charge is 0.373 e. The van der Waals surface area contributed by atoms with Crippen molar-refractivity contribution in [1.29, 1.82) is 0 Å². The van der Waals surface area contributed by atoms with Gasteiger partial charge in [0.05, 0.1) is 18.7 Å². The van der Waals surface area contributed by atoms with Gasteiger partial charge in [0.15, 0.2) is 0 Å². The van der Waals surface area contributed by atoms with Crippen LogP contribution in [0.4, 0.5) is 0 Å². The smallest absolute Gasteiger partial charge is 0.0871 e. The van der Waals surface area contributed by atoms with Gasteiger partial charge in [0.2, 0.25) is 0 Å². The van der Waals surface area contributed by atoms with Crippen molar-refractivity contribution in [1.82, 2.24) is 4.57 Å². The number of nitrogens with zero attached hydrogens (tertiary/aromatic N) is 1. The summed E-state index contributed by atoms with van der Waals surface area (Å²) in [7, 11) is 0. The van der Waals surface area contributed by atoms with E-state index in [-0.39, 0.29) is 0 Å². The van der Waals surface area contributed by atoms with Gasteiger partial charge in [-0.25, -0.2) is 0 Å². The van der Waals surface area contributed by atoms with E-state index < -0.39 is 0 Å². The van der Waals surface area contributed by atoms with Crippen LogP contribution in [0.2, 0.25) is 5.02 Å². The summed E-state index contributed by atoms with van der Waals surface area (Å²) in [4.78, 5) is 0. The molecule has 0 saturated heterocycles. The Kier molecular flexibility index (Phi) is 3.75. The summed E-state index contributed by atoms with van der Waals surface area (Å²) in [5.41, 5.74) is 3.85. The van der Waals surface area contributed by atoms with Crippen LogP contribution in [0.15, 0.2) is 18.2 Å². The molecule has 0 N–H and O–H groups in total. The maximum atomic E-state index is 6.03. The maximum Gasteiger partial charge on any atom is 0.0871 e. The van der Waals surface area contributed by atoms with E-state index >= 15 is 0 Å². The molecule has 17 heavy (non-hydrogen) atoms. The molecule has 0 bridgehead atoms. The van der Waals surface area contributed by atoms with E-state index in [0.29, 0.717) is 0 Å². The average molecular weight is 252 g/mol. The highest BCUT2D eigenvalue weighted by atomic mass is 35.5. The number of hydrogen-bond donors (Lipinski definition) is 0. The van der Waals surface area contributed by atoms with Gasteiger partial charge in [0.25, 0.3) is 0 Å². The van der Waals surface area contributed by atoms with Crippen LogP contribution >= 0.6 is 11.6 Å². The first-order chi connectivity index (χ1) is 8.27. The molecule has 0 fully saturated rings. The second-order valence-electron chi connectivity index (χ2n) is 3.94. The van der Waals surface area contributed by atoms with Crippen LogP contribution in [0.5, 0.6) is 0 Å². The SMILES string of the molecule is CC.Cc1c2n(c3cc(Cl)ccc13)CCOC2. The van der Waals surface area contributed by atoms with Crippen LogP contribution in [0.1, 0.15) is 25.1 Å². The number of halogens is 1. The van der Waals surface area contributed by atoms with E-state index in [1.807, 2.05) is 26.0 Å². The number of rotatable bonds is 0. The van der Waals surface area contributed by atoms with Crippen molar-refractivity contribution in [2.45, 2.75) is 33.9 Å². The van der Waals surface area contributed by atoms with E-state index in [1.165, 1.54) is 22.2 Å². The standard InChI is InChI=1S/C12H12ClNO.C2H6/c1-8-10-3-2-9(13)6-11(10)14-4-5-15-7-12(8)14;1-2/h2-3,6H,4-5,7H2,1H3;1-2H3. The molecule has 0 atom stereocenters. The highest BCUT2D eigenvalue weighted by Gasteiger charge is 2.17. The summed E-state index contributed by atoms with van der Waals surface area (Å²) in [5.74, 6) is 0. The zero-order valence-electron chi connectivity index (χ0n) is 10.6. The zero-order valence-corrected chi connectivity index (χ0v) is 11.3. The summed E-state index contributed by atoms with van der Waals surface area (Å²) >= 11 is 6.03. The third kappa shape index (κ3) is 2.07. The van der Waals surface area contributed by atoms with Gasteiger partial charge in [-0.05, 0) is 24.6 Å². The Morgan fingerprint density at radius 1 is 1.29 bits per heavy atom. The van der Waals surface area contributed by atoms with Gasteiger partial charge >= 0.3 is 0 Å². The number of benzene rings is 1. The van der Waals surface area contributed by atoms with Gasteiger partial charge < -0.3 is 9.30 Å². The molecule has 1 aromatic carbocycles. The maximum absolute atomic E-state index is 6.03. The quantitative estimate of drug-likeness (QED) is 0.686. The normalized spacial score (nSPS) is 14.1. The van der Waals surface area contributed by atoms with Gasteiger partial charge in [-0.3, -0.25) is 0 Å². The van der Waals surface area contributed by atoms with Crippen molar-refractivity contribution in [2.75, 3.05) is 6.61 Å². The van der Waals surface area contributed by atoms with Gasteiger partial charge in [-0.2, -0.15) is 0 Å². The Labute approximate surface area is 107 Å². The van der Waals surface area contributed by atoms with Crippen LogP contribution in [0.25, 0.3) is 10.9 Å². The first-order valence-corrected chi connectivity index (χ1v) is 6.50. The van der Waals surface area contributed by atoms with Crippen molar-refractivity contribution in [3.63, 3.8) is 0 Å². The predicted octanol–water partition coefficient (Wildman–Crippen LogP) is 4.16. The molecule has 0 unspecified atom stereocenters. The van der Waals surface area contributed by atoms with Crippen LogP contribution in [0.3, 0.4) is 0 Å². The minimum atomic E-state index is 0.720. The fourth-order valence-corrected chi connectivity index (χ4v) is 2.48. The molecule has 0 amide bonds. The number of fused-ring (bicyclic) bond motifs is 3. The summed E-state index contributed by atoms with van der Waals surface area (Å²) in [6, 6.07) is 6.08. The Balaban J connectivity index is 0.000000514. The molecule has 0 aliphatic carbocycles. The average Bonchev–Trinajstić information content (AvgIpc) is 2.66. The number of ether oxygens (including phenoxy) is 1. The van der Waals surface area contributed by atoms with E-state index in [2.05, 4.69) is 17.6 Å². The van der Waals surface area contributed by atoms with Gasteiger partial charge in [0.1, 0.15) is 0 Å². The van der Waals surface area contributed by atoms with Crippen LogP contribution < -0.4 is 0 Å². The fraction of sp³-hybridized carbons (Fsp3) is 0.429. The van der Waals surface area contributed by atoms with Crippen molar-refractivity contribution in [2.24, 2.45) is 0 Å². The molecule has 2 heterocycles. The summed E-state index contributed by atoms with van der Waals surface area (Å²) < 4.78 is 7.80. The van der Waals surface area contributed by atoms with Crippen LogP contribution in [-0.2, 0) is 17.9 Å². The molecule has 2 nitrogen and oxygen atoms in total. The second kappa shape index (κ2) is 5.11. The lowest BCUT2D eigenvalue weighted by atomic mass is 10.1. The molecule has 0 radical (unpaired) electrons. The minimum Gasteiger partial charge on any atom is -0.373 e. The molecule has 2 aromatic rings. The molecule has 92 valence electrons. The molecule has 3 rings (SSSR count). The lowest BCUT2D eigenvalue weighted by Crippen LogP contribution is -2.16. The first-order valence-electron chi connectivity index (χ1n) is 6.12. The Hall–Kier alpha value is -0.990. The van der Waals surface area contributed by atoms with E-state index in [0.717, 1.165) is 24.8 Å². The van der Waals surface area contributed by atoms with E-state index in [9.17, 15) is 0 Å². The van der Waals surface area contributed by atoms with E-state index in [4.69, 9.17) is 16.3 Å².